The fraction of sp³-hybridized carbons (Fsp3) is 0.818. The molecule has 0 aliphatic carbocycles. The quantitative estimate of drug-likeness (QED) is 0.523. The molecule has 1 aliphatic rings. The number of carbonyl (C=O) groups is 2. The van der Waals surface area contributed by atoms with Gasteiger partial charge in [0.25, 0.3) is 0 Å². The first-order valence-corrected chi connectivity index (χ1v) is 5.97. The summed E-state index contributed by atoms with van der Waals surface area (Å²) >= 11 is 0. The predicted octanol–water partition coefficient (Wildman–Crippen LogP) is 0.113. The van der Waals surface area contributed by atoms with Gasteiger partial charge in [0.15, 0.2) is 0 Å². The smallest absolute Gasteiger partial charge is 0.319 e. The zero-order valence-electron chi connectivity index (χ0n) is 10.6. The van der Waals surface area contributed by atoms with Gasteiger partial charge in [-0.25, -0.2) is 4.79 Å². The van der Waals surface area contributed by atoms with Crippen molar-refractivity contribution in [3.8, 4) is 0 Å². The monoisotopic (exact) mass is 260 g/mol. The van der Waals surface area contributed by atoms with Gasteiger partial charge in [-0.15, -0.1) is 0 Å². The lowest BCUT2D eigenvalue weighted by Crippen LogP contribution is -2.46. The van der Waals surface area contributed by atoms with Gasteiger partial charge in [0.2, 0.25) is 0 Å². The number of carbonyl (C=O) groups excluding carboxylic acids is 1. The number of nitrogens with zero attached hydrogens (tertiary/aromatic N) is 1. The van der Waals surface area contributed by atoms with Gasteiger partial charge in [0.1, 0.15) is 6.73 Å². The molecule has 0 aromatic heterocycles. The summed E-state index contributed by atoms with van der Waals surface area (Å²) in [5.74, 6) is -1.11. The summed E-state index contributed by atoms with van der Waals surface area (Å²) in [6.07, 6.45) is 1.01. The van der Waals surface area contributed by atoms with Crippen LogP contribution in [0.15, 0.2) is 0 Å². The molecule has 1 heterocycles. The van der Waals surface area contributed by atoms with Crippen LogP contribution in [-0.4, -0.2) is 62.2 Å². The molecule has 1 fully saturated rings. The van der Waals surface area contributed by atoms with Crippen LogP contribution in [0.3, 0.4) is 0 Å². The van der Waals surface area contributed by atoms with Crippen molar-refractivity contribution >= 4 is 12.0 Å². The highest BCUT2D eigenvalue weighted by atomic mass is 16.5. The SMILES string of the molecule is COCCOCNC(=O)N1CCC(C(=O)O)CC1. The summed E-state index contributed by atoms with van der Waals surface area (Å²) in [4.78, 5) is 24.0. The van der Waals surface area contributed by atoms with E-state index in [1.54, 1.807) is 12.0 Å². The number of amides is 2. The number of aliphatic carboxylic acids is 1. The molecule has 0 aromatic rings. The van der Waals surface area contributed by atoms with Crippen molar-refractivity contribution in [1.82, 2.24) is 10.2 Å². The Bertz CT molecular complexity index is 277. The molecule has 0 aromatic carbocycles. The van der Waals surface area contributed by atoms with Crippen LogP contribution in [0.2, 0.25) is 0 Å². The molecule has 7 nitrogen and oxygen atoms in total. The Morgan fingerprint density at radius 3 is 2.56 bits per heavy atom. The second-order valence-electron chi connectivity index (χ2n) is 4.13. The zero-order valence-corrected chi connectivity index (χ0v) is 10.6. The maximum absolute atomic E-state index is 11.7. The van der Waals surface area contributed by atoms with Gasteiger partial charge < -0.3 is 24.8 Å². The minimum atomic E-state index is -0.780. The first-order chi connectivity index (χ1) is 8.65. The summed E-state index contributed by atoms with van der Waals surface area (Å²) < 4.78 is 9.91. The predicted molar refractivity (Wildman–Crippen MR) is 63.2 cm³/mol. The highest BCUT2D eigenvalue weighted by molar-refractivity contribution is 5.75. The van der Waals surface area contributed by atoms with Crippen LogP contribution in [0, 0.1) is 5.92 Å². The van der Waals surface area contributed by atoms with Crippen LogP contribution in [0.1, 0.15) is 12.8 Å². The van der Waals surface area contributed by atoms with E-state index in [9.17, 15) is 9.59 Å². The van der Waals surface area contributed by atoms with Crippen molar-refractivity contribution in [2.24, 2.45) is 5.92 Å². The first-order valence-electron chi connectivity index (χ1n) is 5.97. The molecule has 0 atom stereocenters. The van der Waals surface area contributed by atoms with Crippen LogP contribution in [0.25, 0.3) is 0 Å². The summed E-state index contributed by atoms with van der Waals surface area (Å²) in [7, 11) is 1.58. The Balaban J connectivity index is 2.14. The molecule has 1 saturated heterocycles. The Morgan fingerprint density at radius 2 is 2.00 bits per heavy atom. The molecular formula is C11H20N2O5. The van der Waals surface area contributed by atoms with Crippen LogP contribution in [0.4, 0.5) is 4.79 Å². The van der Waals surface area contributed by atoms with Crippen LogP contribution < -0.4 is 5.32 Å². The Labute approximate surface area is 106 Å². The van der Waals surface area contributed by atoms with Gasteiger partial charge in [-0.2, -0.15) is 0 Å². The highest BCUT2D eigenvalue weighted by Gasteiger charge is 2.26. The van der Waals surface area contributed by atoms with E-state index in [-0.39, 0.29) is 18.7 Å². The third-order valence-electron chi connectivity index (χ3n) is 2.89. The standard InChI is InChI=1S/C11H20N2O5/c1-17-6-7-18-8-12-11(16)13-4-2-9(3-5-13)10(14)15/h9H,2-8H2,1H3,(H,12,16)(H,14,15). The van der Waals surface area contributed by atoms with E-state index >= 15 is 0 Å². The molecule has 0 radical (unpaired) electrons. The molecule has 7 heteroatoms. The minimum absolute atomic E-state index is 0.140. The number of hydrogen-bond acceptors (Lipinski definition) is 4. The Kier molecular flexibility index (Phi) is 6.45. The van der Waals surface area contributed by atoms with E-state index in [1.165, 1.54) is 0 Å². The fourth-order valence-electron chi connectivity index (χ4n) is 1.77. The lowest BCUT2D eigenvalue weighted by molar-refractivity contribution is -0.143. The van der Waals surface area contributed by atoms with Crippen LogP contribution in [-0.2, 0) is 14.3 Å². The number of ether oxygens (including phenoxy) is 2. The summed E-state index contributed by atoms with van der Waals surface area (Å²) in [6, 6.07) is -0.212. The molecule has 0 spiro atoms. The van der Waals surface area contributed by atoms with Crippen LogP contribution >= 0.6 is 0 Å². The number of methoxy groups -OCH3 is 1. The van der Waals surface area contributed by atoms with Gasteiger partial charge >= 0.3 is 12.0 Å². The van der Waals surface area contributed by atoms with Gasteiger partial charge in [0, 0.05) is 20.2 Å². The number of rotatable bonds is 6. The minimum Gasteiger partial charge on any atom is -0.481 e. The van der Waals surface area contributed by atoms with Crippen molar-refractivity contribution in [2.75, 3.05) is 40.1 Å². The maximum atomic E-state index is 11.7. The number of carboxylic acids is 1. The number of hydrogen-bond donors (Lipinski definition) is 2. The number of carboxylic acid groups (broad SMARTS) is 1. The summed E-state index contributed by atoms with van der Waals surface area (Å²) in [5, 5.41) is 11.5. The van der Waals surface area contributed by atoms with Crippen molar-refractivity contribution in [1.29, 1.82) is 0 Å². The van der Waals surface area contributed by atoms with Crippen molar-refractivity contribution in [3.63, 3.8) is 0 Å². The molecule has 0 saturated carbocycles. The Morgan fingerprint density at radius 1 is 1.33 bits per heavy atom. The summed E-state index contributed by atoms with van der Waals surface area (Å²) in [6.45, 7) is 2.00. The highest BCUT2D eigenvalue weighted by Crippen LogP contribution is 2.16. The molecular weight excluding hydrogens is 240 g/mol. The number of piperidine rings is 1. The van der Waals surface area contributed by atoms with Crippen molar-refractivity contribution in [2.45, 2.75) is 12.8 Å². The molecule has 18 heavy (non-hydrogen) atoms. The van der Waals surface area contributed by atoms with Gasteiger partial charge in [-0.05, 0) is 12.8 Å². The van der Waals surface area contributed by atoms with Gasteiger partial charge in [-0.3, -0.25) is 4.79 Å². The van der Waals surface area contributed by atoms with Crippen LogP contribution in [0.5, 0.6) is 0 Å². The average Bonchev–Trinajstić information content (AvgIpc) is 2.38. The topological polar surface area (TPSA) is 88.1 Å². The Hall–Kier alpha value is -1.34. The lowest BCUT2D eigenvalue weighted by atomic mass is 9.97. The first kappa shape index (κ1) is 14.7. The van der Waals surface area contributed by atoms with E-state index in [2.05, 4.69) is 5.32 Å². The van der Waals surface area contributed by atoms with E-state index in [0.717, 1.165) is 0 Å². The third-order valence-corrected chi connectivity index (χ3v) is 2.89. The maximum Gasteiger partial charge on any atom is 0.319 e. The molecule has 2 N–H and O–H groups in total. The summed E-state index contributed by atoms with van der Waals surface area (Å²) in [5.41, 5.74) is 0. The van der Waals surface area contributed by atoms with Gasteiger partial charge in [0.05, 0.1) is 19.1 Å². The molecule has 0 bridgehead atoms. The molecule has 0 unspecified atom stereocenters. The molecule has 2 amide bonds. The fourth-order valence-corrected chi connectivity index (χ4v) is 1.77. The van der Waals surface area contributed by atoms with E-state index < -0.39 is 5.97 Å². The average molecular weight is 260 g/mol. The van der Waals surface area contributed by atoms with Crippen molar-refractivity contribution < 1.29 is 24.2 Å². The zero-order chi connectivity index (χ0) is 13.4. The second-order valence-corrected chi connectivity index (χ2v) is 4.13. The largest absolute Gasteiger partial charge is 0.481 e. The van der Waals surface area contributed by atoms with Gasteiger partial charge in [-0.1, -0.05) is 0 Å². The number of urea groups is 1. The molecule has 1 aliphatic heterocycles. The van der Waals surface area contributed by atoms with E-state index in [4.69, 9.17) is 14.6 Å². The molecule has 1 rings (SSSR count). The molecule has 104 valence electrons. The van der Waals surface area contributed by atoms with E-state index in [0.29, 0.717) is 39.1 Å². The van der Waals surface area contributed by atoms with Crippen molar-refractivity contribution in [3.05, 3.63) is 0 Å². The number of nitrogens with one attached hydrogen (secondary N) is 1. The lowest BCUT2D eigenvalue weighted by Gasteiger charge is -2.30. The second kappa shape index (κ2) is 7.88. The number of likely N-dealkylation sites (tertiary alicyclic amines) is 1. The normalized spacial score (nSPS) is 16.6. The van der Waals surface area contributed by atoms with E-state index in [1.807, 2.05) is 0 Å². The third kappa shape index (κ3) is 4.89.